The van der Waals surface area contributed by atoms with Crippen LogP contribution in [0.5, 0.6) is 0 Å². The molecule has 27 heavy (non-hydrogen) atoms. The maximum Gasteiger partial charge on any atom is 2.00 e. The van der Waals surface area contributed by atoms with Gasteiger partial charge in [-0.2, -0.15) is 0 Å². The van der Waals surface area contributed by atoms with Crippen LogP contribution in [0.1, 0.15) is 38.2 Å². The van der Waals surface area contributed by atoms with Crippen LogP contribution in [0.4, 0.5) is 0 Å². The largest absolute Gasteiger partial charge is 2.00 e. The van der Waals surface area contributed by atoms with E-state index in [1.807, 2.05) is 31.2 Å². The van der Waals surface area contributed by atoms with E-state index in [1.165, 1.54) is 0 Å². The number of benzene rings is 1. The van der Waals surface area contributed by atoms with Crippen molar-refractivity contribution >= 4 is 66.4 Å². The molecule has 8 heteroatoms. The van der Waals surface area contributed by atoms with Gasteiger partial charge in [-0.15, -0.1) is 0 Å². The number of hydrogen-bond acceptors (Lipinski definition) is 4. The topological polar surface area (TPSA) is 114 Å². The normalized spacial score (nSPS) is 11.4. The number of aromatic nitrogens is 1. The molecule has 2 aromatic rings. The summed E-state index contributed by atoms with van der Waals surface area (Å²) in [6, 6.07) is 6.34. The first-order chi connectivity index (χ1) is 12.5. The molecule has 0 radical (unpaired) electrons. The molecular weight excluding hydrogens is 374 g/mol. The first-order valence-electron chi connectivity index (χ1n) is 8.83. The van der Waals surface area contributed by atoms with Crippen molar-refractivity contribution in [3.8, 4) is 0 Å². The van der Waals surface area contributed by atoms with E-state index in [2.05, 4.69) is 15.6 Å². The SMILES string of the molecule is CCCCCC(=O)NCC(=O)N[C@@H](Cc1c[nH]c2ccccc12)C(=O)[O-].[Ca+2]. The Kier molecular flexibility index (Phi) is 10.4. The number of amides is 2. The number of unbranched alkanes of at least 4 members (excludes halogenated alkanes) is 2. The summed E-state index contributed by atoms with van der Waals surface area (Å²) in [7, 11) is 0. The van der Waals surface area contributed by atoms with Crippen LogP contribution >= 0.6 is 0 Å². The molecule has 1 aromatic heterocycles. The molecular formula is C19H24CaN3O4+. The van der Waals surface area contributed by atoms with Gasteiger partial charge in [0, 0.05) is 29.9 Å². The molecule has 1 aromatic carbocycles. The molecule has 1 heterocycles. The van der Waals surface area contributed by atoms with Gasteiger partial charge in [0.15, 0.2) is 0 Å². The van der Waals surface area contributed by atoms with Gasteiger partial charge in [0.25, 0.3) is 0 Å². The maximum atomic E-state index is 12.0. The molecule has 0 fully saturated rings. The average Bonchev–Trinajstić information content (AvgIpc) is 3.03. The predicted molar refractivity (Wildman–Crippen MR) is 102 cm³/mol. The summed E-state index contributed by atoms with van der Waals surface area (Å²) in [5, 5.41) is 17.2. The van der Waals surface area contributed by atoms with Crippen molar-refractivity contribution in [1.82, 2.24) is 15.6 Å². The summed E-state index contributed by atoms with van der Waals surface area (Å²) >= 11 is 0. The minimum Gasteiger partial charge on any atom is -0.548 e. The molecule has 7 nitrogen and oxygen atoms in total. The standard InChI is InChI=1S/C19H25N3O4.Ca/c1-2-3-4-9-17(23)21-12-18(24)22-16(19(25)26)10-13-11-20-15-8-6-5-7-14(13)15;/h5-8,11,16,20H,2-4,9-10,12H2,1H3,(H,21,23)(H,22,24)(H,25,26);/q;+2/p-1/t16-;/m0./s1. The number of carboxylic acids is 1. The third-order valence-corrected chi connectivity index (χ3v) is 4.17. The molecule has 0 bridgehead atoms. The number of rotatable bonds is 10. The number of H-pyrrole nitrogens is 1. The molecule has 0 spiro atoms. The van der Waals surface area contributed by atoms with Crippen molar-refractivity contribution in [2.24, 2.45) is 0 Å². The number of carbonyl (C=O) groups excluding carboxylic acids is 3. The van der Waals surface area contributed by atoms with Crippen molar-refractivity contribution in [2.45, 2.75) is 45.1 Å². The fraction of sp³-hybridized carbons (Fsp3) is 0.421. The molecule has 1 atom stereocenters. The summed E-state index contributed by atoms with van der Waals surface area (Å²) in [6.07, 6.45) is 4.92. The molecule has 2 rings (SSSR count). The fourth-order valence-electron chi connectivity index (χ4n) is 2.76. The van der Waals surface area contributed by atoms with Crippen molar-refractivity contribution in [2.75, 3.05) is 6.54 Å². The van der Waals surface area contributed by atoms with Gasteiger partial charge in [-0.1, -0.05) is 38.0 Å². The molecule has 0 saturated carbocycles. The van der Waals surface area contributed by atoms with Gasteiger partial charge >= 0.3 is 37.7 Å². The summed E-state index contributed by atoms with van der Waals surface area (Å²) in [4.78, 5) is 38.0. The van der Waals surface area contributed by atoms with E-state index in [9.17, 15) is 19.5 Å². The van der Waals surface area contributed by atoms with Gasteiger partial charge in [0.05, 0.1) is 18.6 Å². The number of aliphatic carboxylic acids is 1. The number of nitrogens with one attached hydrogen (secondary N) is 3. The Bertz CT molecular complexity index is 775. The minimum absolute atomic E-state index is 0. The Morgan fingerprint density at radius 1 is 1.15 bits per heavy atom. The second kappa shape index (κ2) is 12.0. The van der Waals surface area contributed by atoms with E-state index in [0.29, 0.717) is 6.42 Å². The molecule has 0 aliphatic rings. The monoisotopic (exact) mass is 398 g/mol. The number of fused-ring (bicyclic) bond motifs is 1. The van der Waals surface area contributed by atoms with Gasteiger partial charge < -0.3 is 25.5 Å². The van der Waals surface area contributed by atoms with E-state index < -0.39 is 17.9 Å². The van der Waals surface area contributed by atoms with E-state index in [0.717, 1.165) is 35.7 Å². The van der Waals surface area contributed by atoms with Crippen LogP contribution in [0.3, 0.4) is 0 Å². The zero-order chi connectivity index (χ0) is 18.9. The molecule has 0 saturated heterocycles. The molecule has 0 aliphatic carbocycles. The molecule has 0 aliphatic heterocycles. The molecule has 3 N–H and O–H groups in total. The van der Waals surface area contributed by atoms with Crippen LogP contribution in [0.15, 0.2) is 30.5 Å². The number of para-hydroxylation sites is 1. The summed E-state index contributed by atoms with van der Waals surface area (Å²) < 4.78 is 0. The summed E-state index contributed by atoms with van der Waals surface area (Å²) in [6.45, 7) is 1.79. The second-order valence-corrected chi connectivity index (χ2v) is 6.24. The third-order valence-electron chi connectivity index (χ3n) is 4.17. The Morgan fingerprint density at radius 2 is 1.89 bits per heavy atom. The molecule has 140 valence electrons. The van der Waals surface area contributed by atoms with Gasteiger partial charge in [0.1, 0.15) is 0 Å². The van der Waals surface area contributed by atoms with Crippen LogP contribution in [0, 0.1) is 0 Å². The van der Waals surface area contributed by atoms with E-state index in [-0.39, 0.29) is 56.6 Å². The minimum atomic E-state index is -1.36. The van der Waals surface area contributed by atoms with Crippen molar-refractivity contribution in [3.63, 3.8) is 0 Å². The number of carbonyl (C=O) groups is 3. The Balaban J connectivity index is 0.00000364. The van der Waals surface area contributed by atoms with Gasteiger partial charge in [-0.25, -0.2) is 0 Å². The number of hydrogen-bond donors (Lipinski definition) is 3. The van der Waals surface area contributed by atoms with E-state index in [1.54, 1.807) is 6.20 Å². The first-order valence-corrected chi connectivity index (χ1v) is 8.83. The van der Waals surface area contributed by atoms with Gasteiger partial charge in [-0.05, 0) is 18.1 Å². The fourth-order valence-corrected chi connectivity index (χ4v) is 2.76. The average molecular weight is 398 g/mol. The van der Waals surface area contributed by atoms with Crippen LogP contribution in [0.2, 0.25) is 0 Å². The molecule has 0 unspecified atom stereocenters. The van der Waals surface area contributed by atoms with E-state index in [4.69, 9.17) is 0 Å². The zero-order valence-corrected chi connectivity index (χ0v) is 17.8. The van der Waals surface area contributed by atoms with E-state index >= 15 is 0 Å². The Hall–Kier alpha value is -1.57. The smallest absolute Gasteiger partial charge is 0.548 e. The Morgan fingerprint density at radius 3 is 2.59 bits per heavy atom. The maximum absolute atomic E-state index is 12.0. The van der Waals surface area contributed by atoms with Crippen LogP contribution in [0.25, 0.3) is 10.9 Å². The Labute approximate surface area is 188 Å². The van der Waals surface area contributed by atoms with Crippen LogP contribution < -0.4 is 15.7 Å². The van der Waals surface area contributed by atoms with Crippen molar-refractivity contribution in [3.05, 3.63) is 36.0 Å². The second-order valence-electron chi connectivity index (χ2n) is 6.24. The molecule has 2 amide bonds. The number of aromatic amines is 1. The number of carboxylic acid groups (broad SMARTS) is 1. The zero-order valence-electron chi connectivity index (χ0n) is 15.5. The summed E-state index contributed by atoms with van der Waals surface area (Å²) in [5.74, 6) is -2.13. The summed E-state index contributed by atoms with van der Waals surface area (Å²) in [5.41, 5.74) is 1.67. The van der Waals surface area contributed by atoms with Gasteiger partial charge in [0.2, 0.25) is 11.8 Å². The first kappa shape index (κ1) is 23.5. The van der Waals surface area contributed by atoms with Crippen LogP contribution in [-0.4, -0.2) is 73.1 Å². The van der Waals surface area contributed by atoms with Crippen molar-refractivity contribution < 1.29 is 19.5 Å². The predicted octanol–water partition coefficient (Wildman–Crippen LogP) is 0.261. The van der Waals surface area contributed by atoms with Crippen molar-refractivity contribution in [1.29, 1.82) is 0 Å². The van der Waals surface area contributed by atoms with Gasteiger partial charge in [-0.3, -0.25) is 9.59 Å². The third kappa shape index (κ3) is 7.52. The van der Waals surface area contributed by atoms with Crippen LogP contribution in [-0.2, 0) is 20.8 Å². The quantitative estimate of drug-likeness (QED) is 0.393.